The number of nitriles is 1. The number of benzene rings is 1. The molecular formula is C12H11ClN2O2S. The maximum absolute atomic E-state index is 12.3. The summed E-state index contributed by atoms with van der Waals surface area (Å²) < 4.78 is 24.6. The van der Waals surface area contributed by atoms with Crippen LogP contribution in [0.3, 0.4) is 0 Å². The van der Waals surface area contributed by atoms with Gasteiger partial charge in [0.2, 0.25) is 9.84 Å². The average Bonchev–Trinajstić information content (AvgIpc) is 2.29. The van der Waals surface area contributed by atoms with Gasteiger partial charge in [0.1, 0.15) is 6.07 Å². The summed E-state index contributed by atoms with van der Waals surface area (Å²) in [4.78, 5) is -0.178. The lowest BCUT2D eigenvalue weighted by molar-refractivity contribution is 0.600. The van der Waals surface area contributed by atoms with E-state index >= 15 is 0 Å². The van der Waals surface area contributed by atoms with Gasteiger partial charge in [-0.3, -0.25) is 0 Å². The molecule has 94 valence electrons. The standard InChI is InChI=1S/C12H11ClN2O2S/c1-7(2)12-11(6-14)18(16,17)10-5-8(13)3-4-9(10)15-12/h3-5,7,15H,1-2H3. The zero-order valence-corrected chi connectivity index (χ0v) is 11.4. The van der Waals surface area contributed by atoms with Gasteiger partial charge in [-0.15, -0.1) is 0 Å². The van der Waals surface area contributed by atoms with Crippen LogP contribution in [0.2, 0.25) is 5.02 Å². The van der Waals surface area contributed by atoms with Gasteiger partial charge in [0.15, 0.2) is 4.91 Å². The first kappa shape index (κ1) is 12.9. The molecule has 1 aromatic rings. The second-order valence-corrected chi connectivity index (χ2v) is 6.57. The van der Waals surface area contributed by atoms with Crippen LogP contribution < -0.4 is 5.32 Å². The van der Waals surface area contributed by atoms with Gasteiger partial charge in [0, 0.05) is 10.7 Å². The number of nitrogens with one attached hydrogen (secondary N) is 1. The van der Waals surface area contributed by atoms with Crippen LogP contribution in [0.15, 0.2) is 33.7 Å². The second-order valence-electron chi connectivity index (χ2n) is 4.28. The number of rotatable bonds is 1. The van der Waals surface area contributed by atoms with Crippen molar-refractivity contribution in [1.82, 2.24) is 0 Å². The molecular weight excluding hydrogens is 272 g/mol. The first-order valence-corrected chi connectivity index (χ1v) is 7.20. The van der Waals surface area contributed by atoms with Crippen molar-refractivity contribution in [2.75, 3.05) is 5.32 Å². The third kappa shape index (κ3) is 1.88. The maximum Gasteiger partial charge on any atom is 0.220 e. The van der Waals surface area contributed by atoms with E-state index in [1.165, 1.54) is 6.07 Å². The molecule has 6 heteroatoms. The molecule has 2 rings (SSSR count). The summed E-state index contributed by atoms with van der Waals surface area (Å²) in [6.07, 6.45) is 0. The highest BCUT2D eigenvalue weighted by Gasteiger charge is 2.33. The summed E-state index contributed by atoms with van der Waals surface area (Å²) in [6, 6.07) is 6.34. The summed E-state index contributed by atoms with van der Waals surface area (Å²) in [6.45, 7) is 3.66. The Hall–Kier alpha value is -1.51. The van der Waals surface area contributed by atoms with E-state index in [0.29, 0.717) is 16.4 Å². The summed E-state index contributed by atoms with van der Waals surface area (Å²) in [5, 5.41) is 12.4. The molecule has 1 N–H and O–H groups in total. The molecule has 0 aliphatic carbocycles. The second kappa shape index (κ2) is 4.30. The SMILES string of the molecule is CC(C)C1=C(C#N)S(=O)(=O)c2cc(Cl)ccc2N1. The van der Waals surface area contributed by atoms with Gasteiger partial charge in [-0.2, -0.15) is 5.26 Å². The summed E-state index contributed by atoms with van der Waals surface area (Å²) in [5.41, 5.74) is 0.884. The highest BCUT2D eigenvalue weighted by molar-refractivity contribution is 7.95. The minimum Gasteiger partial charge on any atom is -0.356 e. The van der Waals surface area contributed by atoms with E-state index in [2.05, 4.69) is 5.32 Å². The molecule has 1 aliphatic rings. The van der Waals surface area contributed by atoms with Gasteiger partial charge < -0.3 is 5.32 Å². The third-order valence-corrected chi connectivity index (χ3v) is 4.70. The Kier molecular flexibility index (Phi) is 3.09. The Bertz CT molecular complexity index is 685. The Morgan fingerprint density at radius 3 is 2.61 bits per heavy atom. The van der Waals surface area contributed by atoms with Crippen LogP contribution in [0.1, 0.15) is 13.8 Å². The van der Waals surface area contributed by atoms with Crippen molar-refractivity contribution in [3.63, 3.8) is 0 Å². The molecule has 0 aromatic heterocycles. The smallest absolute Gasteiger partial charge is 0.220 e. The average molecular weight is 283 g/mol. The van der Waals surface area contributed by atoms with Crippen LogP contribution in [0.5, 0.6) is 0 Å². The molecule has 1 heterocycles. The van der Waals surface area contributed by atoms with Crippen molar-refractivity contribution in [3.05, 3.63) is 33.8 Å². The van der Waals surface area contributed by atoms with Crippen LogP contribution in [0.4, 0.5) is 5.69 Å². The van der Waals surface area contributed by atoms with E-state index < -0.39 is 9.84 Å². The van der Waals surface area contributed by atoms with E-state index in [9.17, 15) is 8.42 Å². The lowest BCUT2D eigenvalue weighted by atomic mass is 10.1. The number of sulfone groups is 1. The molecule has 0 bridgehead atoms. The molecule has 0 fully saturated rings. The molecule has 1 aliphatic heterocycles. The van der Waals surface area contributed by atoms with Gasteiger partial charge in [-0.05, 0) is 24.1 Å². The van der Waals surface area contributed by atoms with Gasteiger partial charge >= 0.3 is 0 Å². The van der Waals surface area contributed by atoms with Crippen LogP contribution in [-0.2, 0) is 9.84 Å². The molecule has 0 spiro atoms. The van der Waals surface area contributed by atoms with E-state index in [0.717, 1.165) is 0 Å². The van der Waals surface area contributed by atoms with Crippen molar-refractivity contribution in [2.45, 2.75) is 18.7 Å². The quantitative estimate of drug-likeness (QED) is 0.860. The van der Waals surface area contributed by atoms with Crippen LogP contribution in [-0.4, -0.2) is 8.42 Å². The molecule has 0 atom stereocenters. The molecule has 0 saturated carbocycles. The normalized spacial score (nSPS) is 17.1. The van der Waals surface area contributed by atoms with E-state index in [-0.39, 0.29) is 15.7 Å². The number of hydrogen-bond donors (Lipinski definition) is 1. The van der Waals surface area contributed by atoms with Crippen molar-refractivity contribution in [2.24, 2.45) is 5.92 Å². The fraction of sp³-hybridized carbons (Fsp3) is 0.250. The molecule has 1 aromatic carbocycles. The molecule has 18 heavy (non-hydrogen) atoms. The fourth-order valence-electron chi connectivity index (χ4n) is 1.81. The number of halogens is 1. The van der Waals surface area contributed by atoms with E-state index in [4.69, 9.17) is 16.9 Å². The van der Waals surface area contributed by atoms with Crippen molar-refractivity contribution >= 4 is 27.1 Å². The summed E-state index contributed by atoms with van der Waals surface area (Å²) in [5.74, 6) is -0.0850. The zero-order chi connectivity index (χ0) is 13.5. The number of allylic oxidation sites excluding steroid dienone is 2. The maximum atomic E-state index is 12.3. The predicted molar refractivity (Wildman–Crippen MR) is 69.7 cm³/mol. The summed E-state index contributed by atoms with van der Waals surface area (Å²) >= 11 is 5.80. The Labute approximate surface area is 111 Å². The van der Waals surface area contributed by atoms with Gasteiger partial charge in [0.05, 0.1) is 10.6 Å². The van der Waals surface area contributed by atoms with Gasteiger partial charge in [-0.25, -0.2) is 8.42 Å². The molecule has 0 radical (unpaired) electrons. The highest BCUT2D eigenvalue weighted by Crippen LogP contribution is 2.37. The largest absolute Gasteiger partial charge is 0.356 e. The third-order valence-electron chi connectivity index (χ3n) is 2.69. The number of fused-ring (bicyclic) bond motifs is 1. The van der Waals surface area contributed by atoms with E-state index in [1.54, 1.807) is 18.2 Å². The minimum atomic E-state index is -3.78. The molecule has 0 amide bonds. The lowest BCUT2D eigenvalue weighted by Crippen LogP contribution is -2.21. The van der Waals surface area contributed by atoms with Crippen molar-refractivity contribution in [1.29, 1.82) is 5.26 Å². The van der Waals surface area contributed by atoms with Crippen molar-refractivity contribution in [3.8, 4) is 6.07 Å². The predicted octanol–water partition coefficient (Wildman–Crippen LogP) is 2.93. The first-order chi connectivity index (χ1) is 8.37. The van der Waals surface area contributed by atoms with Crippen LogP contribution in [0.25, 0.3) is 0 Å². The van der Waals surface area contributed by atoms with Gasteiger partial charge in [-0.1, -0.05) is 25.4 Å². The fourth-order valence-corrected chi connectivity index (χ4v) is 3.65. The van der Waals surface area contributed by atoms with Crippen molar-refractivity contribution < 1.29 is 8.42 Å². The van der Waals surface area contributed by atoms with E-state index in [1.807, 2.05) is 13.8 Å². The number of nitrogens with zero attached hydrogens (tertiary/aromatic N) is 1. The highest BCUT2D eigenvalue weighted by atomic mass is 35.5. The zero-order valence-electron chi connectivity index (χ0n) is 9.86. The Balaban J connectivity index is 2.77. The summed E-state index contributed by atoms with van der Waals surface area (Å²) in [7, 11) is -3.78. The Morgan fingerprint density at radius 1 is 1.39 bits per heavy atom. The monoisotopic (exact) mass is 282 g/mol. The van der Waals surface area contributed by atoms with Crippen LogP contribution >= 0.6 is 11.6 Å². The first-order valence-electron chi connectivity index (χ1n) is 5.34. The Morgan fingerprint density at radius 2 is 2.06 bits per heavy atom. The van der Waals surface area contributed by atoms with Crippen LogP contribution in [0, 0.1) is 17.2 Å². The number of hydrogen-bond acceptors (Lipinski definition) is 4. The number of anilines is 1. The molecule has 0 saturated heterocycles. The van der Waals surface area contributed by atoms with Gasteiger partial charge in [0.25, 0.3) is 0 Å². The lowest BCUT2D eigenvalue weighted by Gasteiger charge is -2.24. The minimum absolute atomic E-state index is 0.0518. The topological polar surface area (TPSA) is 70.0 Å². The molecule has 0 unspecified atom stereocenters. The molecule has 4 nitrogen and oxygen atoms in total.